The highest BCUT2D eigenvalue weighted by molar-refractivity contribution is 6.36. The molecule has 0 saturated heterocycles. The number of aryl methyl sites for hydroxylation is 1. The Bertz CT molecular complexity index is 523. The third-order valence-electron chi connectivity index (χ3n) is 2.69. The quantitative estimate of drug-likeness (QED) is 0.852. The first-order valence-electron chi connectivity index (χ1n) is 5.89. The Morgan fingerprint density at radius 3 is 2.72 bits per heavy atom. The van der Waals surface area contributed by atoms with Gasteiger partial charge >= 0.3 is 0 Å². The van der Waals surface area contributed by atoms with Crippen LogP contribution in [0.2, 0.25) is 10.0 Å². The molecule has 5 heteroatoms. The zero-order valence-corrected chi connectivity index (χ0v) is 11.5. The third-order valence-corrected chi connectivity index (χ3v) is 3.24. The van der Waals surface area contributed by atoms with Crippen LogP contribution >= 0.6 is 23.2 Å². The molecular formula is C13H15Cl2N3. The summed E-state index contributed by atoms with van der Waals surface area (Å²) in [6, 6.07) is 7.39. The second kappa shape index (κ2) is 6.23. The normalized spacial score (nSPS) is 10.8. The molecule has 0 aliphatic heterocycles. The Morgan fingerprint density at radius 2 is 2.00 bits per heavy atom. The molecule has 0 unspecified atom stereocenters. The minimum absolute atomic E-state index is 0.620. The molecule has 0 bridgehead atoms. The summed E-state index contributed by atoms with van der Waals surface area (Å²) in [7, 11) is 0. The SMILES string of the molecule is NCCCCn1ccc(-c2ccc(Cl)cc2Cl)n1. The second-order valence-electron chi connectivity index (χ2n) is 4.08. The maximum Gasteiger partial charge on any atom is 0.0938 e. The van der Waals surface area contributed by atoms with Gasteiger partial charge in [-0.25, -0.2) is 0 Å². The molecule has 0 atom stereocenters. The van der Waals surface area contributed by atoms with Gasteiger partial charge in [-0.2, -0.15) is 5.10 Å². The van der Waals surface area contributed by atoms with Crippen molar-refractivity contribution in [1.29, 1.82) is 0 Å². The predicted octanol–water partition coefficient (Wildman–Crippen LogP) is 3.60. The van der Waals surface area contributed by atoms with Crippen LogP contribution in [0, 0.1) is 0 Å². The number of hydrogen-bond donors (Lipinski definition) is 1. The summed E-state index contributed by atoms with van der Waals surface area (Å²) >= 11 is 12.0. The molecule has 0 aliphatic carbocycles. The number of nitrogens with zero attached hydrogens (tertiary/aromatic N) is 2. The number of hydrogen-bond acceptors (Lipinski definition) is 2. The van der Waals surface area contributed by atoms with Gasteiger partial charge in [-0.1, -0.05) is 23.2 Å². The molecular weight excluding hydrogens is 269 g/mol. The van der Waals surface area contributed by atoms with E-state index in [1.165, 1.54) is 0 Å². The van der Waals surface area contributed by atoms with E-state index in [0.29, 0.717) is 10.0 Å². The van der Waals surface area contributed by atoms with Crippen LogP contribution in [0.1, 0.15) is 12.8 Å². The molecule has 2 aromatic rings. The molecule has 1 aromatic heterocycles. The highest BCUT2D eigenvalue weighted by Gasteiger charge is 2.07. The fraction of sp³-hybridized carbons (Fsp3) is 0.308. The number of rotatable bonds is 5. The maximum atomic E-state index is 6.15. The summed E-state index contributed by atoms with van der Waals surface area (Å²) in [6.07, 6.45) is 4.00. The molecule has 3 nitrogen and oxygen atoms in total. The van der Waals surface area contributed by atoms with Gasteiger partial charge in [0, 0.05) is 23.3 Å². The van der Waals surface area contributed by atoms with E-state index < -0.39 is 0 Å². The molecule has 0 spiro atoms. The number of halogens is 2. The Kier molecular flexibility index (Phi) is 4.64. The van der Waals surface area contributed by atoms with Crippen LogP contribution in [0.25, 0.3) is 11.3 Å². The van der Waals surface area contributed by atoms with Gasteiger partial charge < -0.3 is 5.73 Å². The van der Waals surface area contributed by atoms with Gasteiger partial charge in [-0.15, -0.1) is 0 Å². The lowest BCUT2D eigenvalue weighted by Gasteiger charge is -2.02. The fourth-order valence-corrected chi connectivity index (χ4v) is 2.25. The molecule has 0 fully saturated rings. The smallest absolute Gasteiger partial charge is 0.0938 e. The first kappa shape index (κ1) is 13.4. The van der Waals surface area contributed by atoms with Crippen LogP contribution in [-0.4, -0.2) is 16.3 Å². The fourth-order valence-electron chi connectivity index (χ4n) is 1.75. The summed E-state index contributed by atoms with van der Waals surface area (Å²) in [5.41, 5.74) is 7.23. The predicted molar refractivity (Wildman–Crippen MR) is 76.0 cm³/mol. The van der Waals surface area contributed by atoms with Gasteiger partial charge in [0.05, 0.1) is 10.7 Å². The molecule has 0 radical (unpaired) electrons. The maximum absolute atomic E-state index is 6.15. The molecule has 96 valence electrons. The summed E-state index contributed by atoms with van der Waals surface area (Å²) in [6.45, 7) is 1.60. The van der Waals surface area contributed by atoms with E-state index in [1.807, 2.05) is 29.1 Å². The second-order valence-corrected chi connectivity index (χ2v) is 4.93. The molecule has 2 N–H and O–H groups in total. The number of unbranched alkanes of at least 4 members (excludes halogenated alkanes) is 1. The number of aromatic nitrogens is 2. The lowest BCUT2D eigenvalue weighted by Crippen LogP contribution is -2.03. The largest absolute Gasteiger partial charge is 0.330 e. The lowest BCUT2D eigenvalue weighted by molar-refractivity contribution is 0.563. The van der Waals surface area contributed by atoms with Crippen molar-refractivity contribution in [2.24, 2.45) is 5.73 Å². The minimum atomic E-state index is 0.620. The van der Waals surface area contributed by atoms with E-state index in [0.717, 1.165) is 37.2 Å². The van der Waals surface area contributed by atoms with E-state index in [9.17, 15) is 0 Å². The van der Waals surface area contributed by atoms with Gasteiger partial charge in [-0.05, 0) is 43.7 Å². The highest BCUT2D eigenvalue weighted by atomic mass is 35.5. The lowest BCUT2D eigenvalue weighted by atomic mass is 10.1. The molecule has 18 heavy (non-hydrogen) atoms. The van der Waals surface area contributed by atoms with E-state index in [2.05, 4.69) is 5.10 Å². The van der Waals surface area contributed by atoms with Crippen molar-refractivity contribution >= 4 is 23.2 Å². The van der Waals surface area contributed by atoms with Crippen molar-refractivity contribution in [2.45, 2.75) is 19.4 Å². The molecule has 0 amide bonds. The van der Waals surface area contributed by atoms with Crippen molar-refractivity contribution in [1.82, 2.24) is 9.78 Å². The molecule has 2 rings (SSSR count). The van der Waals surface area contributed by atoms with Crippen LogP contribution in [0.5, 0.6) is 0 Å². The van der Waals surface area contributed by atoms with Gasteiger partial charge in [0.1, 0.15) is 0 Å². The average Bonchev–Trinajstić information content (AvgIpc) is 2.78. The van der Waals surface area contributed by atoms with Crippen LogP contribution in [0.4, 0.5) is 0 Å². The molecule has 1 aromatic carbocycles. The number of benzene rings is 1. The summed E-state index contributed by atoms with van der Waals surface area (Å²) in [5.74, 6) is 0. The third kappa shape index (κ3) is 3.25. The molecule has 0 saturated carbocycles. The van der Waals surface area contributed by atoms with Crippen LogP contribution in [0.3, 0.4) is 0 Å². The first-order chi connectivity index (χ1) is 8.70. The Morgan fingerprint density at radius 1 is 1.17 bits per heavy atom. The Hall–Kier alpha value is -1.03. The van der Waals surface area contributed by atoms with E-state index in [-0.39, 0.29) is 0 Å². The van der Waals surface area contributed by atoms with Crippen molar-refractivity contribution in [2.75, 3.05) is 6.54 Å². The molecule has 0 aliphatic rings. The van der Waals surface area contributed by atoms with Crippen molar-refractivity contribution in [3.8, 4) is 11.3 Å². The van der Waals surface area contributed by atoms with Crippen molar-refractivity contribution < 1.29 is 0 Å². The monoisotopic (exact) mass is 283 g/mol. The van der Waals surface area contributed by atoms with Crippen molar-refractivity contribution in [3.05, 3.63) is 40.5 Å². The van der Waals surface area contributed by atoms with Gasteiger partial charge in [0.15, 0.2) is 0 Å². The van der Waals surface area contributed by atoms with Crippen LogP contribution < -0.4 is 5.73 Å². The van der Waals surface area contributed by atoms with E-state index in [1.54, 1.807) is 6.07 Å². The zero-order valence-electron chi connectivity index (χ0n) is 9.94. The number of nitrogens with two attached hydrogens (primary N) is 1. The minimum Gasteiger partial charge on any atom is -0.330 e. The van der Waals surface area contributed by atoms with Crippen molar-refractivity contribution in [3.63, 3.8) is 0 Å². The van der Waals surface area contributed by atoms with Gasteiger partial charge in [-0.3, -0.25) is 4.68 Å². The highest BCUT2D eigenvalue weighted by Crippen LogP contribution is 2.28. The topological polar surface area (TPSA) is 43.8 Å². The summed E-state index contributed by atoms with van der Waals surface area (Å²) < 4.78 is 1.91. The molecule has 1 heterocycles. The van der Waals surface area contributed by atoms with Crippen LogP contribution in [-0.2, 0) is 6.54 Å². The summed E-state index contributed by atoms with van der Waals surface area (Å²) in [5, 5.41) is 5.74. The Balaban J connectivity index is 2.13. The van der Waals surface area contributed by atoms with Gasteiger partial charge in [0.2, 0.25) is 0 Å². The van der Waals surface area contributed by atoms with E-state index >= 15 is 0 Å². The summed E-state index contributed by atoms with van der Waals surface area (Å²) in [4.78, 5) is 0. The Labute approximate surface area is 117 Å². The zero-order chi connectivity index (χ0) is 13.0. The van der Waals surface area contributed by atoms with Gasteiger partial charge in [0.25, 0.3) is 0 Å². The first-order valence-corrected chi connectivity index (χ1v) is 6.65. The standard InChI is InChI=1S/C13H15Cl2N3/c14-10-3-4-11(12(15)9-10)13-5-8-18(17-13)7-2-1-6-16/h3-5,8-9H,1-2,6-7,16H2. The van der Waals surface area contributed by atoms with E-state index in [4.69, 9.17) is 28.9 Å². The average molecular weight is 284 g/mol. The van der Waals surface area contributed by atoms with Crippen LogP contribution in [0.15, 0.2) is 30.5 Å².